The minimum Gasteiger partial charge on any atom is -0.491 e. The molecular formula is C20H27N4O3+. The zero-order valence-electron chi connectivity index (χ0n) is 15.3. The van der Waals surface area contributed by atoms with Crippen molar-refractivity contribution in [2.75, 3.05) is 44.2 Å². The fraction of sp³-hybridized carbons (Fsp3) is 0.350. The highest BCUT2D eigenvalue weighted by molar-refractivity contribution is 5.93. The normalized spacial score (nSPS) is 16.0. The predicted molar refractivity (Wildman–Crippen MR) is 104 cm³/mol. The Kier molecular flexibility index (Phi) is 6.64. The van der Waals surface area contributed by atoms with E-state index >= 15 is 0 Å². The van der Waals surface area contributed by atoms with Gasteiger partial charge in [0.1, 0.15) is 25.0 Å². The summed E-state index contributed by atoms with van der Waals surface area (Å²) in [7, 11) is 0. The molecule has 0 unspecified atom stereocenters. The van der Waals surface area contributed by atoms with Crippen molar-refractivity contribution in [2.24, 2.45) is 5.84 Å². The number of amides is 1. The Labute approximate surface area is 159 Å². The van der Waals surface area contributed by atoms with E-state index in [9.17, 15) is 9.90 Å². The van der Waals surface area contributed by atoms with Gasteiger partial charge >= 0.3 is 0 Å². The first-order valence-corrected chi connectivity index (χ1v) is 9.21. The van der Waals surface area contributed by atoms with Gasteiger partial charge in [-0.05, 0) is 36.4 Å². The zero-order valence-corrected chi connectivity index (χ0v) is 15.3. The molecule has 1 atom stereocenters. The molecule has 7 heteroatoms. The number of para-hydroxylation sites is 1. The third-order valence-corrected chi connectivity index (χ3v) is 4.81. The molecule has 1 fully saturated rings. The van der Waals surface area contributed by atoms with Crippen molar-refractivity contribution in [3.63, 3.8) is 0 Å². The number of ether oxygens (including phenoxy) is 1. The number of benzene rings is 2. The molecule has 27 heavy (non-hydrogen) atoms. The van der Waals surface area contributed by atoms with E-state index in [2.05, 4.69) is 34.6 Å². The second-order valence-corrected chi connectivity index (χ2v) is 6.74. The standard InChI is InChI=1S/C20H26N4O3/c21-22-20(26)16-6-8-19(9-7-16)27-15-18(25)14-23-10-12-24(13-11-23)17-4-2-1-3-5-17/h1-9,18,25H,10-15,21H2,(H,22,26)/p+1/t18-/m0/s1. The van der Waals surface area contributed by atoms with Crippen molar-refractivity contribution in [1.82, 2.24) is 5.43 Å². The minimum absolute atomic E-state index is 0.230. The molecule has 0 spiro atoms. The number of nitrogen functional groups attached to an aromatic ring is 1. The third kappa shape index (κ3) is 5.43. The van der Waals surface area contributed by atoms with Crippen molar-refractivity contribution < 1.29 is 19.5 Å². The fourth-order valence-corrected chi connectivity index (χ4v) is 3.29. The number of hydrogen-bond donors (Lipinski definition) is 4. The molecule has 0 aliphatic carbocycles. The summed E-state index contributed by atoms with van der Waals surface area (Å²) in [4.78, 5) is 15.2. The number of hydrogen-bond acceptors (Lipinski definition) is 5. The summed E-state index contributed by atoms with van der Waals surface area (Å²) >= 11 is 0. The topological polar surface area (TPSA) is 92.3 Å². The summed E-state index contributed by atoms with van der Waals surface area (Å²) in [5, 5.41) is 10.3. The average molecular weight is 371 g/mol. The van der Waals surface area contributed by atoms with Crippen LogP contribution in [0.2, 0.25) is 0 Å². The second kappa shape index (κ2) is 9.36. The monoisotopic (exact) mass is 371 g/mol. The molecule has 1 saturated heterocycles. The number of nitrogens with two attached hydrogens (primary N) is 1. The van der Waals surface area contributed by atoms with Crippen LogP contribution in [0, 0.1) is 0 Å². The number of piperazine rings is 1. The van der Waals surface area contributed by atoms with Crippen LogP contribution in [0.4, 0.5) is 5.69 Å². The van der Waals surface area contributed by atoms with Crippen LogP contribution >= 0.6 is 0 Å². The molecule has 7 nitrogen and oxygen atoms in total. The highest BCUT2D eigenvalue weighted by Gasteiger charge is 2.22. The summed E-state index contributed by atoms with van der Waals surface area (Å²) in [5.74, 6) is 5.37. The van der Waals surface area contributed by atoms with Gasteiger partial charge in [-0.15, -0.1) is 0 Å². The van der Waals surface area contributed by atoms with Gasteiger partial charge < -0.3 is 19.6 Å². The predicted octanol–water partition coefficient (Wildman–Crippen LogP) is -0.565. The highest BCUT2D eigenvalue weighted by atomic mass is 16.5. The lowest BCUT2D eigenvalue weighted by atomic mass is 10.2. The van der Waals surface area contributed by atoms with Gasteiger partial charge in [-0.2, -0.15) is 0 Å². The maximum absolute atomic E-state index is 11.4. The van der Waals surface area contributed by atoms with Crippen molar-refractivity contribution in [3.05, 3.63) is 60.2 Å². The first-order valence-electron chi connectivity index (χ1n) is 9.21. The Bertz CT molecular complexity index is 716. The number of quaternary nitrogens is 1. The summed E-state index contributed by atoms with van der Waals surface area (Å²) in [6, 6.07) is 17.1. The third-order valence-electron chi connectivity index (χ3n) is 4.81. The largest absolute Gasteiger partial charge is 0.491 e. The number of nitrogens with one attached hydrogen (secondary N) is 2. The van der Waals surface area contributed by atoms with Gasteiger partial charge in [-0.25, -0.2) is 5.84 Å². The summed E-state index contributed by atoms with van der Waals surface area (Å²) < 4.78 is 5.63. The Morgan fingerprint density at radius 1 is 1.15 bits per heavy atom. The molecule has 2 aromatic carbocycles. The van der Waals surface area contributed by atoms with Gasteiger partial charge in [0.2, 0.25) is 0 Å². The first kappa shape index (κ1) is 19.2. The van der Waals surface area contributed by atoms with Gasteiger partial charge in [0.25, 0.3) is 5.91 Å². The Morgan fingerprint density at radius 3 is 2.44 bits per heavy atom. The van der Waals surface area contributed by atoms with Crippen LogP contribution in [0.15, 0.2) is 54.6 Å². The Hall–Kier alpha value is -2.61. The number of carbonyl (C=O) groups is 1. The molecular weight excluding hydrogens is 344 g/mol. The first-order chi connectivity index (χ1) is 13.2. The summed E-state index contributed by atoms with van der Waals surface area (Å²) in [5.41, 5.74) is 3.80. The number of carbonyl (C=O) groups excluding carboxylic acids is 1. The number of anilines is 1. The molecule has 144 valence electrons. The second-order valence-electron chi connectivity index (χ2n) is 6.74. The van der Waals surface area contributed by atoms with Gasteiger partial charge in [-0.1, -0.05) is 18.2 Å². The van der Waals surface area contributed by atoms with E-state index < -0.39 is 6.10 Å². The van der Waals surface area contributed by atoms with Gasteiger partial charge in [-0.3, -0.25) is 10.2 Å². The van der Waals surface area contributed by atoms with Crippen LogP contribution in [0.3, 0.4) is 0 Å². The molecule has 0 bridgehead atoms. The Morgan fingerprint density at radius 2 is 1.81 bits per heavy atom. The van der Waals surface area contributed by atoms with E-state index in [1.165, 1.54) is 10.6 Å². The van der Waals surface area contributed by atoms with E-state index in [0.717, 1.165) is 26.2 Å². The summed E-state index contributed by atoms with van der Waals surface area (Å²) in [6.45, 7) is 4.85. The number of rotatable bonds is 7. The number of aliphatic hydroxyl groups excluding tert-OH is 1. The van der Waals surface area contributed by atoms with Crippen molar-refractivity contribution in [2.45, 2.75) is 6.10 Å². The number of nitrogens with zero attached hydrogens (tertiary/aromatic N) is 1. The van der Waals surface area contributed by atoms with Gasteiger partial charge in [0.05, 0.1) is 26.2 Å². The van der Waals surface area contributed by atoms with Crippen LogP contribution in [0.1, 0.15) is 10.4 Å². The van der Waals surface area contributed by atoms with Gasteiger partial charge in [0.15, 0.2) is 0 Å². The summed E-state index contributed by atoms with van der Waals surface area (Å²) in [6.07, 6.45) is -0.532. The SMILES string of the molecule is NNC(=O)c1ccc(OC[C@@H](O)C[NH+]2CCN(c3ccccc3)CC2)cc1. The number of aliphatic hydroxyl groups is 1. The molecule has 0 saturated carbocycles. The smallest absolute Gasteiger partial charge is 0.265 e. The molecule has 1 aliphatic heterocycles. The van der Waals surface area contributed by atoms with E-state index in [1.807, 2.05) is 6.07 Å². The molecule has 1 amide bonds. The van der Waals surface area contributed by atoms with E-state index in [1.54, 1.807) is 24.3 Å². The zero-order chi connectivity index (χ0) is 19.1. The fourth-order valence-electron chi connectivity index (χ4n) is 3.29. The maximum atomic E-state index is 11.4. The molecule has 1 aliphatic rings. The van der Waals surface area contributed by atoms with Gasteiger partial charge in [0, 0.05) is 11.3 Å². The Balaban J connectivity index is 1.40. The van der Waals surface area contributed by atoms with Crippen LogP contribution in [-0.4, -0.2) is 56.4 Å². The molecule has 3 rings (SSSR count). The van der Waals surface area contributed by atoms with Crippen LogP contribution < -0.4 is 25.8 Å². The van der Waals surface area contributed by atoms with Crippen LogP contribution in [-0.2, 0) is 0 Å². The minimum atomic E-state index is -0.532. The molecule has 5 N–H and O–H groups in total. The average Bonchev–Trinajstić information content (AvgIpc) is 2.73. The lowest BCUT2D eigenvalue weighted by Crippen LogP contribution is -3.16. The lowest BCUT2D eigenvalue weighted by molar-refractivity contribution is -0.903. The van der Waals surface area contributed by atoms with Crippen molar-refractivity contribution in [3.8, 4) is 5.75 Å². The van der Waals surface area contributed by atoms with Crippen LogP contribution in [0.5, 0.6) is 5.75 Å². The lowest BCUT2D eigenvalue weighted by Gasteiger charge is -2.34. The van der Waals surface area contributed by atoms with E-state index in [0.29, 0.717) is 17.9 Å². The molecule has 1 heterocycles. The quantitative estimate of drug-likeness (QED) is 0.297. The molecule has 0 aromatic heterocycles. The van der Waals surface area contributed by atoms with Crippen molar-refractivity contribution in [1.29, 1.82) is 0 Å². The van der Waals surface area contributed by atoms with E-state index in [4.69, 9.17) is 10.6 Å². The van der Waals surface area contributed by atoms with Crippen molar-refractivity contribution >= 4 is 11.6 Å². The molecule has 0 radical (unpaired) electrons. The molecule has 2 aromatic rings. The highest BCUT2D eigenvalue weighted by Crippen LogP contribution is 2.13. The van der Waals surface area contributed by atoms with Crippen LogP contribution in [0.25, 0.3) is 0 Å². The maximum Gasteiger partial charge on any atom is 0.265 e. The number of hydrazine groups is 1. The van der Waals surface area contributed by atoms with E-state index in [-0.39, 0.29) is 12.5 Å².